The number of carbonyl (C=O) groups is 1. The third-order valence-electron chi connectivity index (χ3n) is 2.31. The van der Waals surface area contributed by atoms with Gasteiger partial charge in [0.2, 0.25) is 5.82 Å². The molecule has 0 aromatic carbocycles. The Labute approximate surface area is 109 Å². The van der Waals surface area contributed by atoms with Crippen molar-refractivity contribution >= 4 is 17.5 Å². The maximum absolute atomic E-state index is 10.8. The second-order valence-corrected chi connectivity index (χ2v) is 3.85. The summed E-state index contributed by atoms with van der Waals surface area (Å²) in [4.78, 5) is 20.9. The first-order chi connectivity index (χ1) is 8.93. The van der Waals surface area contributed by atoms with Gasteiger partial charge in [-0.1, -0.05) is 0 Å². The van der Waals surface area contributed by atoms with Gasteiger partial charge >= 0.3 is 11.7 Å². The summed E-state index contributed by atoms with van der Waals surface area (Å²) in [7, 11) is 1.56. The van der Waals surface area contributed by atoms with Crippen molar-refractivity contribution in [3.8, 4) is 0 Å². The van der Waals surface area contributed by atoms with E-state index in [1.54, 1.807) is 14.0 Å². The fourth-order valence-electron chi connectivity index (χ4n) is 1.57. The fourth-order valence-corrected chi connectivity index (χ4v) is 1.57. The van der Waals surface area contributed by atoms with Crippen LogP contribution < -0.4 is 5.32 Å². The molecule has 1 rings (SSSR count). The Bertz CT molecular complexity index is 459. The molecule has 0 spiro atoms. The Balaban J connectivity index is 2.68. The molecular formula is C10H16N4O5. The minimum Gasteiger partial charge on any atom is -0.481 e. The molecule has 9 nitrogen and oxygen atoms in total. The van der Waals surface area contributed by atoms with E-state index in [0.717, 1.165) is 0 Å². The molecule has 0 fully saturated rings. The highest BCUT2D eigenvalue weighted by atomic mass is 16.6. The van der Waals surface area contributed by atoms with Crippen LogP contribution in [0.5, 0.6) is 0 Å². The molecule has 19 heavy (non-hydrogen) atoms. The molecule has 0 saturated carbocycles. The van der Waals surface area contributed by atoms with E-state index in [9.17, 15) is 14.9 Å². The number of rotatable bonds is 8. The fraction of sp³-hybridized carbons (Fsp3) is 0.600. The zero-order valence-corrected chi connectivity index (χ0v) is 10.7. The SMILES string of the molecule is CCOC(CNc1nn(C)cc1[N+](=O)[O-])CC(=O)O. The highest BCUT2D eigenvalue weighted by molar-refractivity contribution is 5.67. The number of aromatic nitrogens is 2. The summed E-state index contributed by atoms with van der Waals surface area (Å²) in [6, 6.07) is 0. The maximum atomic E-state index is 10.8. The predicted molar refractivity (Wildman–Crippen MR) is 66.0 cm³/mol. The van der Waals surface area contributed by atoms with Crippen LogP contribution in [0.25, 0.3) is 0 Å². The first-order valence-corrected chi connectivity index (χ1v) is 5.69. The summed E-state index contributed by atoms with van der Waals surface area (Å²) in [6.45, 7) is 2.25. The molecule has 1 aromatic heterocycles. The zero-order chi connectivity index (χ0) is 14.4. The van der Waals surface area contributed by atoms with Gasteiger partial charge in [-0.2, -0.15) is 0 Å². The number of anilines is 1. The average molecular weight is 272 g/mol. The van der Waals surface area contributed by atoms with Crippen molar-refractivity contribution in [3.05, 3.63) is 16.3 Å². The van der Waals surface area contributed by atoms with Gasteiger partial charge in [-0.15, -0.1) is 5.10 Å². The van der Waals surface area contributed by atoms with Crippen molar-refractivity contribution in [3.63, 3.8) is 0 Å². The number of aryl methyl sites for hydroxylation is 1. The summed E-state index contributed by atoms with van der Waals surface area (Å²) >= 11 is 0. The van der Waals surface area contributed by atoms with E-state index in [-0.39, 0.29) is 24.5 Å². The summed E-state index contributed by atoms with van der Waals surface area (Å²) in [5.41, 5.74) is -0.159. The number of nitro groups is 1. The number of carboxylic acid groups (broad SMARTS) is 1. The van der Waals surface area contributed by atoms with E-state index < -0.39 is 17.0 Å². The molecule has 0 radical (unpaired) electrons. The lowest BCUT2D eigenvalue weighted by Crippen LogP contribution is -2.26. The van der Waals surface area contributed by atoms with Crippen molar-refractivity contribution in [1.82, 2.24) is 9.78 Å². The van der Waals surface area contributed by atoms with Crippen molar-refractivity contribution in [1.29, 1.82) is 0 Å². The predicted octanol–water partition coefficient (Wildman–Crippen LogP) is 0.620. The van der Waals surface area contributed by atoms with Crippen molar-refractivity contribution in [2.24, 2.45) is 7.05 Å². The van der Waals surface area contributed by atoms with E-state index in [0.29, 0.717) is 6.61 Å². The number of ether oxygens (including phenoxy) is 1. The van der Waals surface area contributed by atoms with Gasteiger partial charge in [0.25, 0.3) is 0 Å². The smallest absolute Gasteiger partial charge is 0.330 e. The van der Waals surface area contributed by atoms with Gasteiger partial charge in [0.05, 0.1) is 17.4 Å². The quantitative estimate of drug-likeness (QED) is 0.525. The monoisotopic (exact) mass is 272 g/mol. The number of carboxylic acids is 1. The molecule has 9 heteroatoms. The van der Waals surface area contributed by atoms with E-state index in [4.69, 9.17) is 9.84 Å². The summed E-state index contributed by atoms with van der Waals surface area (Å²) < 4.78 is 6.55. The lowest BCUT2D eigenvalue weighted by molar-refractivity contribution is -0.384. The third-order valence-corrected chi connectivity index (χ3v) is 2.31. The Kier molecular flexibility index (Phi) is 5.24. The van der Waals surface area contributed by atoms with Gasteiger partial charge < -0.3 is 15.2 Å². The maximum Gasteiger partial charge on any atom is 0.330 e. The van der Waals surface area contributed by atoms with E-state index in [1.165, 1.54) is 10.9 Å². The molecule has 0 amide bonds. The minimum atomic E-state index is -0.990. The molecule has 106 valence electrons. The topological polar surface area (TPSA) is 120 Å². The van der Waals surface area contributed by atoms with Crippen LogP contribution in [-0.4, -0.2) is 45.0 Å². The Morgan fingerprint density at radius 1 is 1.74 bits per heavy atom. The van der Waals surface area contributed by atoms with Crippen LogP contribution in [0.15, 0.2) is 6.20 Å². The van der Waals surface area contributed by atoms with Crippen LogP contribution in [0.3, 0.4) is 0 Å². The van der Waals surface area contributed by atoms with Crippen LogP contribution in [0, 0.1) is 10.1 Å². The highest BCUT2D eigenvalue weighted by Gasteiger charge is 2.20. The van der Waals surface area contributed by atoms with Crippen LogP contribution in [-0.2, 0) is 16.6 Å². The summed E-state index contributed by atoms with van der Waals surface area (Å²) in [6.07, 6.45) is 0.528. The molecule has 2 N–H and O–H groups in total. The van der Waals surface area contributed by atoms with Gasteiger partial charge in [-0.3, -0.25) is 19.6 Å². The molecule has 1 atom stereocenters. The van der Waals surface area contributed by atoms with E-state index in [2.05, 4.69) is 10.4 Å². The Morgan fingerprint density at radius 2 is 2.42 bits per heavy atom. The normalized spacial score (nSPS) is 12.1. The molecule has 0 aliphatic carbocycles. The van der Waals surface area contributed by atoms with E-state index >= 15 is 0 Å². The largest absolute Gasteiger partial charge is 0.481 e. The number of nitrogens with one attached hydrogen (secondary N) is 1. The highest BCUT2D eigenvalue weighted by Crippen LogP contribution is 2.21. The molecule has 1 aromatic rings. The first kappa shape index (κ1) is 14.9. The van der Waals surface area contributed by atoms with Gasteiger partial charge in [-0.05, 0) is 6.92 Å². The average Bonchev–Trinajstić information content (AvgIpc) is 2.67. The standard InChI is InChI=1S/C10H16N4O5/c1-3-19-7(4-9(15)16)5-11-10-8(14(17)18)6-13(2)12-10/h6-7H,3-5H2,1-2H3,(H,11,12)(H,15,16). The van der Waals surface area contributed by atoms with Gasteiger partial charge in [0.1, 0.15) is 6.20 Å². The molecule has 0 aliphatic heterocycles. The number of hydrogen-bond acceptors (Lipinski definition) is 6. The van der Waals surface area contributed by atoms with Gasteiger partial charge in [-0.25, -0.2) is 0 Å². The second-order valence-electron chi connectivity index (χ2n) is 3.85. The van der Waals surface area contributed by atoms with Crippen LogP contribution >= 0.6 is 0 Å². The Morgan fingerprint density at radius 3 is 2.95 bits per heavy atom. The molecular weight excluding hydrogens is 256 g/mol. The Hall–Kier alpha value is -2.16. The number of nitrogens with zero attached hydrogens (tertiary/aromatic N) is 3. The first-order valence-electron chi connectivity index (χ1n) is 5.69. The summed E-state index contributed by atoms with van der Waals surface area (Å²) in [5.74, 6) is -0.890. The molecule has 0 bridgehead atoms. The van der Waals surface area contributed by atoms with Crippen molar-refractivity contribution in [2.75, 3.05) is 18.5 Å². The van der Waals surface area contributed by atoms with Gasteiger partial charge in [0.15, 0.2) is 0 Å². The van der Waals surface area contributed by atoms with Crippen molar-refractivity contribution in [2.45, 2.75) is 19.4 Å². The molecule has 1 unspecified atom stereocenters. The second kappa shape index (κ2) is 6.69. The van der Waals surface area contributed by atoms with Crippen LogP contribution in [0.2, 0.25) is 0 Å². The molecule has 1 heterocycles. The molecule has 0 aliphatic rings. The zero-order valence-electron chi connectivity index (χ0n) is 10.7. The lowest BCUT2D eigenvalue weighted by Gasteiger charge is -2.15. The van der Waals surface area contributed by atoms with Crippen LogP contribution in [0.1, 0.15) is 13.3 Å². The lowest BCUT2D eigenvalue weighted by atomic mass is 10.2. The van der Waals surface area contributed by atoms with Gasteiger partial charge in [0, 0.05) is 20.2 Å². The van der Waals surface area contributed by atoms with Crippen LogP contribution in [0.4, 0.5) is 11.5 Å². The summed E-state index contributed by atoms with van der Waals surface area (Å²) in [5, 5.41) is 26.1. The molecule has 0 saturated heterocycles. The van der Waals surface area contributed by atoms with E-state index in [1.807, 2.05) is 0 Å². The van der Waals surface area contributed by atoms with Crippen molar-refractivity contribution < 1.29 is 19.6 Å². The minimum absolute atomic E-state index is 0.0996. The number of aliphatic carboxylic acids is 1. The third kappa shape index (κ3) is 4.54. The number of hydrogen-bond donors (Lipinski definition) is 2.